The number of rotatable bonds is 4. The lowest BCUT2D eigenvalue weighted by Crippen LogP contribution is -2.33. The molecule has 0 radical (unpaired) electrons. The first-order valence-corrected chi connectivity index (χ1v) is 10.5. The molecule has 3 aromatic rings. The summed E-state index contributed by atoms with van der Waals surface area (Å²) in [7, 11) is 0. The van der Waals surface area contributed by atoms with Crippen LogP contribution in [0.3, 0.4) is 0 Å². The number of anilines is 1. The van der Waals surface area contributed by atoms with Crippen molar-refractivity contribution in [2.45, 2.75) is 71.2 Å². The van der Waals surface area contributed by atoms with Crippen molar-refractivity contribution in [3.63, 3.8) is 0 Å². The van der Waals surface area contributed by atoms with E-state index >= 15 is 0 Å². The molecule has 3 aromatic heterocycles. The standard InChI is InChI=1S/C22H28N4O3/c1-12(2)17-15-10-28-22(3,4)8-14(15)16-18-19(29-21(16)26-17)20(25-11-24-18)23-9-13-6-5-7-27-13/h11-13H,5-10H2,1-4H3,(H,23,24,25)/t13-/m1/s1. The fourth-order valence-electron chi connectivity index (χ4n) is 4.45. The minimum atomic E-state index is -0.229. The molecule has 1 atom stereocenters. The molecule has 0 unspecified atom stereocenters. The average molecular weight is 396 g/mol. The Morgan fingerprint density at radius 2 is 2.10 bits per heavy atom. The molecule has 0 saturated carbocycles. The van der Waals surface area contributed by atoms with Crippen LogP contribution in [0, 0.1) is 0 Å². The van der Waals surface area contributed by atoms with Crippen LogP contribution >= 0.6 is 0 Å². The summed E-state index contributed by atoms with van der Waals surface area (Å²) in [6, 6.07) is 0. The Morgan fingerprint density at radius 1 is 1.24 bits per heavy atom. The minimum absolute atomic E-state index is 0.223. The van der Waals surface area contributed by atoms with Gasteiger partial charge in [0.1, 0.15) is 11.8 Å². The molecule has 5 heterocycles. The zero-order valence-corrected chi connectivity index (χ0v) is 17.5. The Morgan fingerprint density at radius 3 is 2.86 bits per heavy atom. The lowest BCUT2D eigenvalue weighted by molar-refractivity contribution is -0.0402. The monoisotopic (exact) mass is 396 g/mol. The largest absolute Gasteiger partial charge is 0.432 e. The van der Waals surface area contributed by atoms with E-state index in [-0.39, 0.29) is 17.6 Å². The fraction of sp³-hybridized carbons (Fsp3) is 0.591. The van der Waals surface area contributed by atoms with Gasteiger partial charge in [-0.3, -0.25) is 0 Å². The molecule has 2 aliphatic heterocycles. The lowest BCUT2D eigenvalue weighted by atomic mass is 9.87. The molecule has 5 rings (SSSR count). The van der Waals surface area contributed by atoms with Gasteiger partial charge in [0, 0.05) is 25.1 Å². The highest BCUT2D eigenvalue weighted by Crippen LogP contribution is 2.40. The highest BCUT2D eigenvalue weighted by Gasteiger charge is 2.33. The summed E-state index contributed by atoms with van der Waals surface area (Å²) < 4.78 is 18.1. The fourth-order valence-corrected chi connectivity index (χ4v) is 4.45. The smallest absolute Gasteiger partial charge is 0.229 e. The van der Waals surface area contributed by atoms with Crippen LogP contribution in [0.25, 0.3) is 22.2 Å². The number of aromatic nitrogens is 3. The van der Waals surface area contributed by atoms with Gasteiger partial charge in [-0.2, -0.15) is 0 Å². The molecule has 7 nitrogen and oxygen atoms in total. The molecule has 7 heteroatoms. The van der Waals surface area contributed by atoms with Gasteiger partial charge in [0.2, 0.25) is 5.71 Å². The van der Waals surface area contributed by atoms with Crippen molar-refractivity contribution in [3.8, 4) is 0 Å². The van der Waals surface area contributed by atoms with Gasteiger partial charge in [-0.05, 0) is 38.2 Å². The average Bonchev–Trinajstić information content (AvgIpc) is 3.32. The van der Waals surface area contributed by atoms with E-state index in [1.165, 1.54) is 11.1 Å². The normalized spacial score (nSPS) is 21.2. The second-order valence-corrected chi connectivity index (χ2v) is 9.03. The van der Waals surface area contributed by atoms with E-state index in [4.69, 9.17) is 18.9 Å². The summed E-state index contributed by atoms with van der Waals surface area (Å²) in [6.45, 7) is 10.7. The summed E-state index contributed by atoms with van der Waals surface area (Å²) in [5.74, 6) is 0.990. The van der Waals surface area contributed by atoms with Crippen LogP contribution < -0.4 is 5.32 Å². The van der Waals surface area contributed by atoms with Gasteiger partial charge in [-0.15, -0.1) is 0 Å². The first kappa shape index (κ1) is 18.8. The van der Waals surface area contributed by atoms with Crippen molar-refractivity contribution in [2.24, 2.45) is 0 Å². The first-order chi connectivity index (χ1) is 13.9. The molecule has 2 aliphatic rings. The molecule has 0 bridgehead atoms. The molecule has 0 aliphatic carbocycles. The number of fused-ring (bicyclic) bond motifs is 5. The molecular formula is C22H28N4O3. The highest BCUT2D eigenvalue weighted by atomic mass is 16.5. The number of hydrogen-bond donors (Lipinski definition) is 1. The molecular weight excluding hydrogens is 368 g/mol. The maximum atomic E-state index is 6.24. The maximum absolute atomic E-state index is 6.24. The zero-order valence-electron chi connectivity index (χ0n) is 17.5. The number of ether oxygens (including phenoxy) is 2. The van der Waals surface area contributed by atoms with Crippen LogP contribution in [0.1, 0.15) is 63.3 Å². The Kier molecular flexibility index (Phi) is 4.47. The van der Waals surface area contributed by atoms with E-state index in [1.807, 2.05) is 0 Å². The Hall–Kier alpha value is -2.25. The minimum Gasteiger partial charge on any atom is -0.432 e. The van der Waals surface area contributed by atoms with E-state index in [0.29, 0.717) is 30.3 Å². The topological polar surface area (TPSA) is 82.3 Å². The van der Waals surface area contributed by atoms with Crippen LogP contribution in [-0.4, -0.2) is 39.8 Å². The van der Waals surface area contributed by atoms with Crippen molar-refractivity contribution >= 4 is 28.0 Å². The van der Waals surface area contributed by atoms with Gasteiger partial charge >= 0.3 is 0 Å². The second-order valence-electron chi connectivity index (χ2n) is 9.03. The predicted octanol–water partition coefficient (Wildman–Crippen LogP) is 4.34. The van der Waals surface area contributed by atoms with Crippen LogP contribution in [0.15, 0.2) is 10.7 Å². The number of nitrogens with zero attached hydrogens (tertiary/aromatic N) is 3. The summed E-state index contributed by atoms with van der Waals surface area (Å²) >= 11 is 0. The Labute approximate surface area is 170 Å². The summed E-state index contributed by atoms with van der Waals surface area (Å²) in [4.78, 5) is 13.9. The highest BCUT2D eigenvalue weighted by molar-refractivity contribution is 6.06. The van der Waals surface area contributed by atoms with Gasteiger partial charge in [0.05, 0.1) is 29.4 Å². The van der Waals surface area contributed by atoms with E-state index in [9.17, 15) is 0 Å². The Bertz CT molecular complexity index is 1070. The molecule has 154 valence electrons. The van der Waals surface area contributed by atoms with Crippen molar-refractivity contribution in [2.75, 3.05) is 18.5 Å². The van der Waals surface area contributed by atoms with Gasteiger partial charge in [-0.25, -0.2) is 15.0 Å². The molecule has 0 aromatic carbocycles. The molecule has 1 fully saturated rings. The van der Waals surface area contributed by atoms with Crippen molar-refractivity contribution in [3.05, 3.63) is 23.1 Å². The maximum Gasteiger partial charge on any atom is 0.229 e. The quantitative estimate of drug-likeness (QED) is 0.702. The van der Waals surface area contributed by atoms with Crippen molar-refractivity contribution in [1.82, 2.24) is 15.0 Å². The lowest BCUT2D eigenvalue weighted by Gasteiger charge is -2.33. The number of nitrogens with one attached hydrogen (secondary N) is 1. The first-order valence-electron chi connectivity index (χ1n) is 10.5. The number of furan rings is 1. The summed E-state index contributed by atoms with van der Waals surface area (Å²) in [5.41, 5.74) is 5.37. The Balaban J connectivity index is 1.66. The third-order valence-electron chi connectivity index (χ3n) is 5.93. The third kappa shape index (κ3) is 3.26. The van der Waals surface area contributed by atoms with Crippen LogP contribution in [0.5, 0.6) is 0 Å². The van der Waals surface area contributed by atoms with Gasteiger partial charge in [0.15, 0.2) is 11.4 Å². The van der Waals surface area contributed by atoms with E-state index in [2.05, 4.69) is 43.0 Å². The SMILES string of the molecule is CC(C)c1nc2oc3c(NC[C@H]4CCCO4)ncnc3c2c2c1COC(C)(C)C2. The van der Waals surface area contributed by atoms with E-state index in [1.54, 1.807) is 6.33 Å². The summed E-state index contributed by atoms with van der Waals surface area (Å²) in [6.07, 6.45) is 4.81. The van der Waals surface area contributed by atoms with Gasteiger partial charge in [-0.1, -0.05) is 13.8 Å². The summed E-state index contributed by atoms with van der Waals surface area (Å²) in [5, 5.41) is 4.40. The van der Waals surface area contributed by atoms with Crippen LogP contribution in [0.2, 0.25) is 0 Å². The van der Waals surface area contributed by atoms with E-state index in [0.717, 1.165) is 42.5 Å². The van der Waals surface area contributed by atoms with Crippen molar-refractivity contribution < 1.29 is 13.9 Å². The third-order valence-corrected chi connectivity index (χ3v) is 5.93. The van der Waals surface area contributed by atoms with E-state index < -0.39 is 0 Å². The molecule has 1 saturated heterocycles. The van der Waals surface area contributed by atoms with Crippen LogP contribution in [-0.2, 0) is 22.5 Å². The van der Waals surface area contributed by atoms with Gasteiger partial charge < -0.3 is 19.2 Å². The second kappa shape index (κ2) is 6.92. The van der Waals surface area contributed by atoms with Crippen molar-refractivity contribution in [1.29, 1.82) is 0 Å². The molecule has 29 heavy (non-hydrogen) atoms. The number of pyridine rings is 1. The number of hydrogen-bond acceptors (Lipinski definition) is 7. The molecule has 0 amide bonds. The van der Waals surface area contributed by atoms with Crippen LogP contribution in [0.4, 0.5) is 5.82 Å². The molecule has 0 spiro atoms. The predicted molar refractivity (Wildman–Crippen MR) is 111 cm³/mol. The molecule has 1 N–H and O–H groups in total. The van der Waals surface area contributed by atoms with Gasteiger partial charge in [0.25, 0.3) is 0 Å². The zero-order chi connectivity index (χ0) is 20.2.